The van der Waals surface area contributed by atoms with E-state index in [0.29, 0.717) is 0 Å². The molecule has 15 nitrogen and oxygen atoms in total. The second-order valence-electron chi connectivity index (χ2n) is 9.21. The van der Waals surface area contributed by atoms with Crippen LogP contribution in [0.1, 0.15) is 40.0 Å². The number of carbonyl (C=O) groups excluding carboxylic acids is 5. The Morgan fingerprint density at radius 2 is 1.54 bits per heavy atom. The zero-order valence-corrected chi connectivity index (χ0v) is 21.5. The summed E-state index contributed by atoms with van der Waals surface area (Å²) < 4.78 is 5.41. The van der Waals surface area contributed by atoms with Crippen molar-refractivity contribution in [1.82, 2.24) is 26.6 Å². The summed E-state index contributed by atoms with van der Waals surface area (Å²) in [5.41, 5.74) is 5.09. The van der Waals surface area contributed by atoms with Crippen LogP contribution in [0.15, 0.2) is 0 Å². The zero-order valence-electron chi connectivity index (χ0n) is 21.5. The van der Waals surface area contributed by atoms with E-state index >= 15 is 0 Å². The first kappa shape index (κ1) is 32.2. The van der Waals surface area contributed by atoms with Crippen LogP contribution in [0.2, 0.25) is 0 Å². The standard InChI is InChI=1S/C22H40N6O9/c1-10(2)17(22(36)27-11(3)20(34)26-9-29)28-21(35)12(24-4)5-6-16(31)25-8-14-19(33)18(32)13(37-14)7-15(23)30/h10-14,17-19,24,29,32-33H,5-9H2,1-4H3,(H2,23,30)(H,25,31)(H,26,34)(H,27,36)(H,28,35)/t11-,12-,13-,14+,17-,18-,19+/m0/s1. The van der Waals surface area contributed by atoms with Crippen molar-refractivity contribution < 1.29 is 44.0 Å². The van der Waals surface area contributed by atoms with Crippen LogP contribution in [-0.2, 0) is 28.7 Å². The zero-order chi connectivity index (χ0) is 28.3. The third kappa shape index (κ3) is 10.2. The van der Waals surface area contributed by atoms with Crippen molar-refractivity contribution in [1.29, 1.82) is 0 Å². The van der Waals surface area contributed by atoms with E-state index in [-0.39, 0.29) is 31.7 Å². The van der Waals surface area contributed by atoms with Crippen molar-refractivity contribution in [2.24, 2.45) is 11.7 Å². The summed E-state index contributed by atoms with van der Waals surface area (Å²) in [4.78, 5) is 60.5. The van der Waals surface area contributed by atoms with Gasteiger partial charge in [0.1, 0.15) is 37.1 Å². The molecule has 0 saturated carbocycles. The van der Waals surface area contributed by atoms with Crippen molar-refractivity contribution in [3.8, 4) is 0 Å². The van der Waals surface area contributed by atoms with E-state index in [0.717, 1.165) is 0 Å². The third-order valence-electron chi connectivity index (χ3n) is 5.94. The molecule has 10 N–H and O–H groups in total. The van der Waals surface area contributed by atoms with Gasteiger partial charge in [-0.3, -0.25) is 24.0 Å². The first-order chi connectivity index (χ1) is 17.3. The fraction of sp³-hybridized carbons (Fsp3) is 0.773. The van der Waals surface area contributed by atoms with Gasteiger partial charge >= 0.3 is 0 Å². The molecule has 1 saturated heterocycles. The minimum Gasteiger partial charge on any atom is -0.388 e. The molecule has 0 bridgehead atoms. The Morgan fingerprint density at radius 1 is 0.919 bits per heavy atom. The maximum Gasteiger partial charge on any atom is 0.244 e. The summed E-state index contributed by atoms with van der Waals surface area (Å²) in [5.74, 6) is -3.15. The van der Waals surface area contributed by atoms with Crippen molar-refractivity contribution in [2.45, 2.75) is 82.6 Å². The molecule has 212 valence electrons. The number of nitrogens with two attached hydrogens (primary N) is 1. The SMILES string of the molecule is CN[C@@H](CCC(=O)NC[C@H]1O[C@@H](CC(N)=O)[C@H](O)[C@@H]1O)C(=O)N[C@H](C(=O)N[C@@H](C)C(=O)NCO)C(C)C. The van der Waals surface area contributed by atoms with Crippen LogP contribution in [0.4, 0.5) is 0 Å². The summed E-state index contributed by atoms with van der Waals surface area (Å²) in [6.07, 6.45) is -4.79. The number of aliphatic hydroxyl groups excluding tert-OH is 3. The van der Waals surface area contributed by atoms with Crippen LogP contribution < -0.4 is 32.3 Å². The van der Waals surface area contributed by atoms with Crippen LogP contribution >= 0.6 is 0 Å². The molecule has 7 atom stereocenters. The lowest BCUT2D eigenvalue weighted by molar-refractivity contribution is -0.133. The smallest absolute Gasteiger partial charge is 0.244 e. The summed E-state index contributed by atoms with van der Waals surface area (Å²) in [7, 11) is 1.52. The van der Waals surface area contributed by atoms with Crippen LogP contribution in [0.3, 0.4) is 0 Å². The molecule has 0 unspecified atom stereocenters. The topological polar surface area (TPSA) is 241 Å². The Bertz CT molecular complexity index is 812. The lowest BCUT2D eigenvalue weighted by Gasteiger charge is -2.26. The fourth-order valence-electron chi connectivity index (χ4n) is 3.73. The number of likely N-dealkylation sites (N-methyl/N-ethyl adjacent to an activating group) is 1. The Morgan fingerprint density at radius 3 is 2.08 bits per heavy atom. The molecule has 1 aliphatic rings. The first-order valence-electron chi connectivity index (χ1n) is 12.0. The number of rotatable bonds is 15. The number of amides is 5. The number of carbonyl (C=O) groups is 5. The average Bonchev–Trinajstić information content (AvgIpc) is 3.08. The lowest BCUT2D eigenvalue weighted by Crippen LogP contribution is -2.57. The predicted octanol–water partition coefficient (Wildman–Crippen LogP) is -4.45. The first-order valence-corrected chi connectivity index (χ1v) is 12.0. The highest BCUT2D eigenvalue weighted by atomic mass is 16.5. The maximum absolute atomic E-state index is 12.8. The van der Waals surface area contributed by atoms with Gasteiger partial charge in [0.25, 0.3) is 0 Å². The number of aliphatic hydroxyl groups is 3. The number of nitrogens with one attached hydrogen (secondary N) is 5. The van der Waals surface area contributed by atoms with E-state index in [1.54, 1.807) is 13.8 Å². The molecule has 15 heteroatoms. The minimum atomic E-state index is -1.31. The molecule has 1 aliphatic heterocycles. The number of hydrogen-bond acceptors (Lipinski definition) is 10. The highest BCUT2D eigenvalue weighted by Crippen LogP contribution is 2.23. The molecular formula is C22H40N6O9. The quantitative estimate of drug-likeness (QED) is 0.0916. The molecule has 1 heterocycles. The van der Waals surface area contributed by atoms with Gasteiger partial charge in [0, 0.05) is 13.0 Å². The molecule has 0 aliphatic carbocycles. The van der Waals surface area contributed by atoms with Crippen molar-refractivity contribution in [3.63, 3.8) is 0 Å². The average molecular weight is 533 g/mol. The highest BCUT2D eigenvalue weighted by molar-refractivity contribution is 5.93. The third-order valence-corrected chi connectivity index (χ3v) is 5.94. The van der Waals surface area contributed by atoms with E-state index in [9.17, 15) is 34.2 Å². The van der Waals surface area contributed by atoms with Crippen LogP contribution in [0.25, 0.3) is 0 Å². The summed E-state index contributed by atoms with van der Waals surface area (Å²) in [5, 5.41) is 41.4. The Balaban J connectivity index is 2.58. The Labute approximate surface area is 215 Å². The van der Waals surface area contributed by atoms with Gasteiger partial charge in [-0.05, 0) is 26.3 Å². The van der Waals surface area contributed by atoms with Gasteiger partial charge in [-0.25, -0.2) is 0 Å². The highest BCUT2D eigenvalue weighted by Gasteiger charge is 2.43. The van der Waals surface area contributed by atoms with Crippen LogP contribution in [0, 0.1) is 5.92 Å². The van der Waals surface area contributed by atoms with E-state index in [1.165, 1.54) is 14.0 Å². The minimum absolute atomic E-state index is 0.0775. The molecule has 5 amide bonds. The fourth-order valence-corrected chi connectivity index (χ4v) is 3.73. The van der Waals surface area contributed by atoms with E-state index < -0.39 is 78.8 Å². The molecule has 0 aromatic rings. The molecule has 1 fully saturated rings. The second kappa shape index (κ2) is 15.4. The molecule has 0 radical (unpaired) electrons. The van der Waals surface area contributed by atoms with Gasteiger partial charge in [-0.15, -0.1) is 0 Å². The van der Waals surface area contributed by atoms with Gasteiger partial charge in [0.15, 0.2) is 0 Å². The summed E-state index contributed by atoms with van der Waals surface area (Å²) >= 11 is 0. The van der Waals surface area contributed by atoms with Crippen LogP contribution in [0.5, 0.6) is 0 Å². The Hall–Kier alpha value is -2.85. The summed E-state index contributed by atoms with van der Waals surface area (Å²) in [6.45, 7) is 4.17. The number of ether oxygens (including phenoxy) is 1. The van der Waals surface area contributed by atoms with Crippen molar-refractivity contribution in [3.05, 3.63) is 0 Å². The largest absolute Gasteiger partial charge is 0.388 e. The van der Waals surface area contributed by atoms with Gasteiger partial charge in [-0.2, -0.15) is 0 Å². The van der Waals surface area contributed by atoms with E-state index in [4.69, 9.17) is 15.6 Å². The van der Waals surface area contributed by atoms with Crippen molar-refractivity contribution >= 4 is 29.5 Å². The molecule has 0 aromatic heterocycles. The second-order valence-corrected chi connectivity index (χ2v) is 9.21. The van der Waals surface area contributed by atoms with Gasteiger partial charge < -0.3 is 52.4 Å². The van der Waals surface area contributed by atoms with E-state index in [2.05, 4.69) is 26.6 Å². The van der Waals surface area contributed by atoms with Gasteiger partial charge in [0.2, 0.25) is 29.5 Å². The molecular weight excluding hydrogens is 492 g/mol. The lowest BCUT2D eigenvalue weighted by atomic mass is 10.0. The normalized spacial score (nSPS) is 23.6. The molecule has 37 heavy (non-hydrogen) atoms. The molecule has 0 aromatic carbocycles. The summed E-state index contributed by atoms with van der Waals surface area (Å²) in [6, 6.07) is -2.71. The number of primary amides is 1. The van der Waals surface area contributed by atoms with Gasteiger partial charge in [0.05, 0.1) is 18.6 Å². The van der Waals surface area contributed by atoms with E-state index in [1.807, 2.05) is 0 Å². The van der Waals surface area contributed by atoms with Crippen molar-refractivity contribution in [2.75, 3.05) is 20.3 Å². The Kier molecular flexibility index (Phi) is 13.4. The van der Waals surface area contributed by atoms with Gasteiger partial charge in [-0.1, -0.05) is 13.8 Å². The number of hydrogen-bond donors (Lipinski definition) is 9. The molecule has 1 rings (SSSR count). The van der Waals surface area contributed by atoms with Crippen LogP contribution in [-0.4, -0.2) is 108 Å². The molecule has 0 spiro atoms. The monoisotopic (exact) mass is 532 g/mol. The maximum atomic E-state index is 12.8. The predicted molar refractivity (Wildman–Crippen MR) is 129 cm³/mol.